The lowest BCUT2D eigenvalue weighted by atomic mass is 10.1. The number of hydrogen-bond acceptors (Lipinski definition) is 6. The number of methoxy groups -OCH3 is 1. The van der Waals surface area contributed by atoms with Crippen molar-refractivity contribution in [3.05, 3.63) is 88.3 Å². The lowest BCUT2D eigenvalue weighted by molar-refractivity contribution is 0.104. The van der Waals surface area contributed by atoms with Crippen molar-refractivity contribution in [2.75, 3.05) is 7.11 Å². The van der Waals surface area contributed by atoms with E-state index in [-0.39, 0.29) is 22.2 Å². The summed E-state index contributed by atoms with van der Waals surface area (Å²) in [4.78, 5) is 14.1. The van der Waals surface area contributed by atoms with E-state index >= 15 is 0 Å². The zero-order chi connectivity index (χ0) is 21.3. The number of Topliss-reactive ketones (excluding diaryl/α,β-unsaturated/α-hetero) is 1. The quantitative estimate of drug-likeness (QED) is 0.408. The van der Waals surface area contributed by atoms with Gasteiger partial charge in [0.1, 0.15) is 4.90 Å². The van der Waals surface area contributed by atoms with Crippen LogP contribution in [-0.4, -0.2) is 21.3 Å². The summed E-state index contributed by atoms with van der Waals surface area (Å²) in [7, 11) is -2.56. The van der Waals surface area contributed by atoms with Crippen LogP contribution < -0.4 is 8.92 Å². The van der Waals surface area contributed by atoms with Gasteiger partial charge in [0.2, 0.25) is 5.78 Å². The van der Waals surface area contributed by atoms with Gasteiger partial charge < -0.3 is 8.92 Å². The Hall–Kier alpha value is -3.03. The van der Waals surface area contributed by atoms with Crippen molar-refractivity contribution in [2.45, 2.75) is 16.7 Å². The average molecular weight is 439 g/mol. The summed E-state index contributed by atoms with van der Waals surface area (Å²) in [6, 6.07) is 18.7. The first-order chi connectivity index (χ1) is 14.4. The Morgan fingerprint density at radius 1 is 0.933 bits per heavy atom. The second kappa shape index (κ2) is 8.01. The summed E-state index contributed by atoms with van der Waals surface area (Å²) < 4.78 is 35.8. The van der Waals surface area contributed by atoms with Crippen LogP contribution in [0.1, 0.15) is 21.5 Å². The Morgan fingerprint density at radius 3 is 2.37 bits per heavy atom. The van der Waals surface area contributed by atoms with Crippen molar-refractivity contribution in [1.82, 2.24) is 0 Å². The van der Waals surface area contributed by atoms with Gasteiger partial charge in [0, 0.05) is 10.5 Å². The fourth-order valence-corrected chi connectivity index (χ4v) is 4.99. The highest BCUT2D eigenvalue weighted by molar-refractivity contribution is 8.04. The van der Waals surface area contributed by atoms with Gasteiger partial charge in [-0.2, -0.15) is 8.42 Å². The molecule has 5 nitrogen and oxygen atoms in total. The van der Waals surface area contributed by atoms with Crippen LogP contribution >= 0.6 is 11.8 Å². The van der Waals surface area contributed by atoms with Gasteiger partial charge in [-0.3, -0.25) is 4.79 Å². The first kappa shape index (κ1) is 20.3. The monoisotopic (exact) mass is 438 g/mol. The molecule has 0 radical (unpaired) electrons. The molecule has 4 rings (SSSR count). The third kappa shape index (κ3) is 3.99. The molecule has 0 saturated heterocycles. The molecule has 0 N–H and O–H groups in total. The van der Waals surface area contributed by atoms with Crippen molar-refractivity contribution in [3.8, 4) is 11.5 Å². The molecule has 1 aliphatic rings. The number of benzene rings is 3. The van der Waals surface area contributed by atoms with Gasteiger partial charge in [-0.25, -0.2) is 0 Å². The number of carbonyl (C=O) groups is 1. The first-order valence-electron chi connectivity index (χ1n) is 9.10. The lowest BCUT2D eigenvalue weighted by Crippen LogP contribution is -2.10. The summed E-state index contributed by atoms with van der Waals surface area (Å²) in [5.41, 5.74) is 2.34. The maximum Gasteiger partial charge on any atom is 0.339 e. The van der Waals surface area contributed by atoms with Crippen molar-refractivity contribution in [2.24, 2.45) is 0 Å². The van der Waals surface area contributed by atoms with E-state index in [4.69, 9.17) is 8.92 Å². The van der Waals surface area contributed by atoms with Crippen LogP contribution in [0.4, 0.5) is 0 Å². The van der Waals surface area contributed by atoms with Crippen LogP contribution in [0.5, 0.6) is 11.5 Å². The van der Waals surface area contributed by atoms with Gasteiger partial charge in [0.15, 0.2) is 11.5 Å². The maximum atomic E-state index is 12.6. The number of fused-ring (bicyclic) bond motifs is 1. The second-order valence-electron chi connectivity index (χ2n) is 6.70. The summed E-state index contributed by atoms with van der Waals surface area (Å²) in [5, 5.41) is 0. The van der Waals surface area contributed by atoms with Gasteiger partial charge in [-0.15, -0.1) is 0 Å². The summed E-state index contributed by atoms with van der Waals surface area (Å²) in [5.74, 6) is 0.304. The molecule has 1 aliphatic heterocycles. The molecule has 0 aliphatic carbocycles. The maximum absolute atomic E-state index is 12.6. The highest BCUT2D eigenvalue weighted by Crippen LogP contribution is 2.41. The Kier molecular flexibility index (Phi) is 5.40. The molecule has 0 fully saturated rings. The van der Waals surface area contributed by atoms with E-state index < -0.39 is 10.1 Å². The smallest absolute Gasteiger partial charge is 0.339 e. The lowest BCUT2D eigenvalue weighted by Gasteiger charge is -2.11. The Bertz CT molecular complexity index is 1260. The van der Waals surface area contributed by atoms with Crippen molar-refractivity contribution < 1.29 is 22.1 Å². The SMILES string of the molecule is COc1cc(C=C2Sc3ccccc3C2=O)ccc1OS(=O)(=O)c1ccc(C)cc1. The molecule has 0 spiro atoms. The van der Waals surface area contributed by atoms with Crippen LogP contribution in [0.15, 0.2) is 81.4 Å². The summed E-state index contributed by atoms with van der Waals surface area (Å²) in [6.07, 6.45) is 1.76. The van der Waals surface area contributed by atoms with E-state index in [1.54, 1.807) is 36.4 Å². The summed E-state index contributed by atoms with van der Waals surface area (Å²) >= 11 is 1.41. The van der Waals surface area contributed by atoms with Gasteiger partial charge in [-0.05, 0) is 55.0 Å². The molecular formula is C23H18O5S2. The minimum atomic E-state index is -4.00. The normalized spacial score (nSPS) is 14.6. The number of aryl methyl sites for hydroxylation is 1. The molecule has 3 aromatic carbocycles. The van der Waals surface area contributed by atoms with Crippen LogP contribution in [0, 0.1) is 6.92 Å². The molecular weight excluding hydrogens is 420 g/mol. The number of thioether (sulfide) groups is 1. The Labute approximate surface area is 179 Å². The predicted molar refractivity (Wildman–Crippen MR) is 117 cm³/mol. The number of carbonyl (C=O) groups excluding carboxylic acids is 1. The van der Waals surface area contributed by atoms with Crippen LogP contribution in [0.2, 0.25) is 0 Å². The molecule has 7 heteroatoms. The largest absolute Gasteiger partial charge is 0.493 e. The standard InChI is InChI=1S/C23H18O5S2/c1-15-7-10-17(11-8-15)30(25,26)28-19-12-9-16(13-20(19)27-2)14-22-23(24)18-5-3-4-6-21(18)29-22/h3-14H,1-2H3. The number of hydrogen-bond donors (Lipinski definition) is 0. The van der Waals surface area contributed by atoms with Crippen LogP contribution in [0.3, 0.4) is 0 Å². The van der Waals surface area contributed by atoms with E-state index in [2.05, 4.69) is 0 Å². The molecule has 3 aromatic rings. The molecule has 0 aromatic heterocycles. The molecule has 1 heterocycles. The predicted octanol–water partition coefficient (Wildman–Crippen LogP) is 5.10. The minimum absolute atomic E-state index is 0.0307. The van der Waals surface area contributed by atoms with E-state index in [1.807, 2.05) is 25.1 Å². The molecule has 0 saturated carbocycles. The van der Waals surface area contributed by atoms with Crippen molar-refractivity contribution >= 4 is 33.7 Å². The summed E-state index contributed by atoms with van der Waals surface area (Å²) in [6.45, 7) is 1.87. The molecule has 0 bridgehead atoms. The average Bonchev–Trinajstić information content (AvgIpc) is 3.05. The van der Waals surface area contributed by atoms with E-state index in [0.717, 1.165) is 10.5 Å². The first-order valence-corrected chi connectivity index (χ1v) is 11.3. The van der Waals surface area contributed by atoms with Gasteiger partial charge in [0.05, 0.1) is 12.0 Å². The van der Waals surface area contributed by atoms with Gasteiger partial charge in [-0.1, -0.05) is 47.7 Å². The Morgan fingerprint density at radius 2 is 1.67 bits per heavy atom. The Balaban J connectivity index is 1.61. The zero-order valence-corrected chi connectivity index (χ0v) is 17.9. The van der Waals surface area contributed by atoms with Gasteiger partial charge >= 0.3 is 10.1 Å². The minimum Gasteiger partial charge on any atom is -0.493 e. The van der Waals surface area contributed by atoms with E-state index in [0.29, 0.717) is 16.0 Å². The second-order valence-corrected chi connectivity index (χ2v) is 9.33. The van der Waals surface area contributed by atoms with Crippen molar-refractivity contribution in [1.29, 1.82) is 0 Å². The number of allylic oxidation sites excluding steroid dienone is 1. The third-order valence-electron chi connectivity index (χ3n) is 4.57. The highest BCUT2D eigenvalue weighted by atomic mass is 32.2. The topological polar surface area (TPSA) is 69.7 Å². The fraction of sp³-hybridized carbons (Fsp3) is 0.0870. The molecule has 0 amide bonds. The number of rotatable bonds is 5. The van der Waals surface area contributed by atoms with E-state index in [1.165, 1.54) is 37.1 Å². The highest BCUT2D eigenvalue weighted by Gasteiger charge is 2.25. The number of ether oxygens (including phenoxy) is 1. The van der Waals surface area contributed by atoms with E-state index in [9.17, 15) is 13.2 Å². The van der Waals surface area contributed by atoms with Crippen LogP contribution in [0.25, 0.3) is 6.08 Å². The zero-order valence-electron chi connectivity index (χ0n) is 16.3. The molecule has 0 unspecified atom stereocenters. The molecule has 152 valence electrons. The number of ketones is 1. The fourth-order valence-electron chi connectivity index (χ4n) is 3.00. The van der Waals surface area contributed by atoms with Crippen LogP contribution in [-0.2, 0) is 10.1 Å². The van der Waals surface area contributed by atoms with Crippen molar-refractivity contribution in [3.63, 3.8) is 0 Å². The molecule has 30 heavy (non-hydrogen) atoms. The third-order valence-corrected chi connectivity index (χ3v) is 6.92. The molecule has 0 atom stereocenters. The van der Waals surface area contributed by atoms with Gasteiger partial charge in [0.25, 0.3) is 0 Å².